The molecule has 0 saturated carbocycles. The molecule has 0 unspecified atom stereocenters. The Hall–Kier alpha value is -1.45. The van der Waals surface area contributed by atoms with Gasteiger partial charge in [-0.2, -0.15) is 0 Å². The molecule has 1 aromatic carbocycles. The molecular weight excluding hydrogens is 243 g/mol. The van der Waals surface area contributed by atoms with Crippen LogP contribution in [0.5, 0.6) is 5.75 Å². The molecule has 1 aliphatic heterocycles. The lowest BCUT2D eigenvalue weighted by molar-refractivity contribution is 0.279. The summed E-state index contributed by atoms with van der Waals surface area (Å²) in [7, 11) is 0. The van der Waals surface area contributed by atoms with Crippen LogP contribution in [0.15, 0.2) is 12.1 Å². The molecule has 0 aliphatic carbocycles. The van der Waals surface area contributed by atoms with E-state index in [1.165, 1.54) is 6.07 Å². The van der Waals surface area contributed by atoms with Gasteiger partial charge < -0.3 is 15.4 Å². The molecule has 1 aromatic rings. The summed E-state index contributed by atoms with van der Waals surface area (Å²) in [6.45, 7) is 8.77. The van der Waals surface area contributed by atoms with Crippen molar-refractivity contribution >= 4 is 11.4 Å². The Balaban J connectivity index is 2.22. The summed E-state index contributed by atoms with van der Waals surface area (Å²) < 4.78 is 19.0. The fraction of sp³-hybridized carbons (Fsp3) is 0.600. The molecule has 0 atom stereocenters. The number of ether oxygens (including phenoxy) is 1. The number of rotatable bonds is 3. The van der Waals surface area contributed by atoms with Crippen LogP contribution in [0.25, 0.3) is 0 Å². The molecule has 1 heterocycles. The summed E-state index contributed by atoms with van der Waals surface area (Å²) >= 11 is 0. The third kappa shape index (κ3) is 3.11. The Bertz CT molecular complexity index is 450. The average Bonchev–Trinajstić information content (AvgIpc) is 2.33. The van der Waals surface area contributed by atoms with Crippen LogP contribution in [0.2, 0.25) is 0 Å². The van der Waals surface area contributed by atoms with Crippen LogP contribution in [0.3, 0.4) is 0 Å². The molecule has 0 aromatic heterocycles. The molecule has 0 spiro atoms. The van der Waals surface area contributed by atoms with Gasteiger partial charge in [-0.05, 0) is 25.2 Å². The van der Waals surface area contributed by atoms with Crippen molar-refractivity contribution in [2.24, 2.45) is 5.41 Å². The second kappa shape index (κ2) is 5.27. The van der Waals surface area contributed by atoms with Gasteiger partial charge in [-0.1, -0.05) is 13.8 Å². The Morgan fingerprint density at radius 1 is 1.32 bits per heavy atom. The molecule has 1 saturated heterocycles. The standard InChI is InChI=1S/C15H23FN2O/c1-4-19-14-10-13(12(17)9-11(14)16)18-7-5-15(2,3)6-8-18/h9-10H,4-8,17H2,1-3H3. The van der Waals surface area contributed by atoms with E-state index >= 15 is 0 Å². The molecule has 4 heteroatoms. The zero-order valence-electron chi connectivity index (χ0n) is 12.0. The molecule has 1 aliphatic rings. The van der Waals surface area contributed by atoms with Crippen LogP contribution in [0, 0.1) is 11.2 Å². The molecule has 2 N–H and O–H groups in total. The van der Waals surface area contributed by atoms with E-state index in [2.05, 4.69) is 18.7 Å². The maximum atomic E-state index is 13.7. The highest BCUT2D eigenvalue weighted by atomic mass is 19.1. The van der Waals surface area contributed by atoms with E-state index < -0.39 is 0 Å². The number of hydrogen-bond acceptors (Lipinski definition) is 3. The predicted octanol–water partition coefficient (Wildman–Crippen LogP) is 3.43. The van der Waals surface area contributed by atoms with Crippen LogP contribution in [0.4, 0.5) is 15.8 Å². The number of piperidine rings is 1. The van der Waals surface area contributed by atoms with E-state index in [1.54, 1.807) is 6.07 Å². The highest BCUT2D eigenvalue weighted by Crippen LogP contribution is 2.36. The lowest BCUT2D eigenvalue weighted by Gasteiger charge is -2.38. The van der Waals surface area contributed by atoms with Crippen LogP contribution in [0.1, 0.15) is 33.6 Å². The average molecular weight is 266 g/mol. The van der Waals surface area contributed by atoms with Crippen molar-refractivity contribution in [2.45, 2.75) is 33.6 Å². The second-order valence-electron chi connectivity index (χ2n) is 5.93. The third-order valence-electron chi connectivity index (χ3n) is 3.84. The molecule has 106 valence electrons. The number of nitrogen functional groups attached to an aromatic ring is 1. The van der Waals surface area contributed by atoms with Gasteiger partial charge in [0.15, 0.2) is 11.6 Å². The first-order chi connectivity index (χ1) is 8.93. The number of nitrogens with two attached hydrogens (primary N) is 1. The van der Waals surface area contributed by atoms with Crippen molar-refractivity contribution in [3.05, 3.63) is 17.9 Å². The summed E-state index contributed by atoms with van der Waals surface area (Å²) in [4.78, 5) is 2.22. The van der Waals surface area contributed by atoms with Gasteiger partial charge in [0.25, 0.3) is 0 Å². The van der Waals surface area contributed by atoms with Gasteiger partial charge in [0.1, 0.15) is 0 Å². The Kier molecular flexibility index (Phi) is 3.88. The first kappa shape index (κ1) is 14.0. The molecule has 0 bridgehead atoms. The number of anilines is 2. The quantitative estimate of drug-likeness (QED) is 0.852. The summed E-state index contributed by atoms with van der Waals surface area (Å²) in [6.07, 6.45) is 2.24. The number of hydrogen-bond donors (Lipinski definition) is 1. The van der Waals surface area contributed by atoms with Crippen molar-refractivity contribution < 1.29 is 9.13 Å². The van der Waals surface area contributed by atoms with Crippen molar-refractivity contribution in [1.82, 2.24) is 0 Å². The van der Waals surface area contributed by atoms with Crippen molar-refractivity contribution in [3.63, 3.8) is 0 Å². The SMILES string of the molecule is CCOc1cc(N2CCC(C)(C)CC2)c(N)cc1F. The molecule has 3 nitrogen and oxygen atoms in total. The first-order valence-corrected chi connectivity index (χ1v) is 6.90. The smallest absolute Gasteiger partial charge is 0.167 e. The molecule has 0 amide bonds. The minimum absolute atomic E-state index is 0.288. The van der Waals surface area contributed by atoms with Gasteiger partial charge in [-0.25, -0.2) is 4.39 Å². The second-order valence-corrected chi connectivity index (χ2v) is 5.93. The van der Waals surface area contributed by atoms with Gasteiger partial charge in [0, 0.05) is 25.2 Å². The van der Waals surface area contributed by atoms with Gasteiger partial charge in [0.05, 0.1) is 18.0 Å². The lowest BCUT2D eigenvalue weighted by atomic mass is 9.82. The molecule has 1 fully saturated rings. The fourth-order valence-corrected chi connectivity index (χ4v) is 2.45. The minimum Gasteiger partial charge on any atom is -0.491 e. The van der Waals surface area contributed by atoms with Crippen LogP contribution in [-0.2, 0) is 0 Å². The largest absolute Gasteiger partial charge is 0.491 e. The van der Waals surface area contributed by atoms with Gasteiger partial charge >= 0.3 is 0 Å². The normalized spacial score (nSPS) is 18.4. The number of halogens is 1. The maximum Gasteiger partial charge on any atom is 0.167 e. The lowest BCUT2D eigenvalue weighted by Crippen LogP contribution is -2.37. The topological polar surface area (TPSA) is 38.5 Å². The van der Waals surface area contributed by atoms with E-state index in [1.807, 2.05) is 6.92 Å². The fourth-order valence-electron chi connectivity index (χ4n) is 2.45. The number of nitrogens with zero attached hydrogens (tertiary/aromatic N) is 1. The third-order valence-corrected chi connectivity index (χ3v) is 3.84. The summed E-state index contributed by atoms with van der Waals surface area (Å²) in [5, 5.41) is 0. The van der Waals surface area contributed by atoms with Gasteiger partial charge in [0.2, 0.25) is 0 Å². The molecule has 0 radical (unpaired) electrons. The van der Waals surface area contributed by atoms with Crippen molar-refractivity contribution in [3.8, 4) is 5.75 Å². The van der Waals surface area contributed by atoms with Crippen LogP contribution in [-0.4, -0.2) is 19.7 Å². The van der Waals surface area contributed by atoms with E-state index in [0.29, 0.717) is 17.7 Å². The zero-order valence-corrected chi connectivity index (χ0v) is 12.0. The summed E-state index contributed by atoms with van der Waals surface area (Å²) in [6, 6.07) is 3.09. The first-order valence-electron chi connectivity index (χ1n) is 6.90. The highest BCUT2D eigenvalue weighted by Gasteiger charge is 2.26. The highest BCUT2D eigenvalue weighted by molar-refractivity contribution is 5.70. The van der Waals surface area contributed by atoms with Gasteiger partial charge in [-0.15, -0.1) is 0 Å². The van der Waals surface area contributed by atoms with E-state index in [9.17, 15) is 4.39 Å². The molecule has 19 heavy (non-hydrogen) atoms. The maximum absolute atomic E-state index is 13.7. The number of benzene rings is 1. The van der Waals surface area contributed by atoms with Crippen molar-refractivity contribution in [1.29, 1.82) is 0 Å². The van der Waals surface area contributed by atoms with Gasteiger partial charge in [-0.3, -0.25) is 0 Å². The van der Waals surface area contributed by atoms with Crippen LogP contribution < -0.4 is 15.4 Å². The minimum atomic E-state index is -0.388. The Morgan fingerprint density at radius 2 is 1.95 bits per heavy atom. The Morgan fingerprint density at radius 3 is 2.53 bits per heavy atom. The zero-order chi connectivity index (χ0) is 14.0. The Labute approximate surface area is 114 Å². The van der Waals surface area contributed by atoms with Crippen LogP contribution >= 0.6 is 0 Å². The summed E-state index contributed by atoms with van der Waals surface area (Å²) in [5.41, 5.74) is 7.71. The molecule has 2 rings (SSSR count). The summed E-state index contributed by atoms with van der Waals surface area (Å²) in [5.74, 6) is -0.100. The molecular formula is C15H23FN2O. The predicted molar refractivity (Wildman–Crippen MR) is 77.2 cm³/mol. The van der Waals surface area contributed by atoms with E-state index in [-0.39, 0.29) is 11.6 Å². The monoisotopic (exact) mass is 266 g/mol. The van der Waals surface area contributed by atoms with E-state index in [0.717, 1.165) is 31.6 Å². The van der Waals surface area contributed by atoms with Crippen molar-refractivity contribution in [2.75, 3.05) is 30.3 Å². The van der Waals surface area contributed by atoms with E-state index in [4.69, 9.17) is 10.5 Å².